The first-order valence-corrected chi connectivity index (χ1v) is 11.7. The number of piperidine rings is 1. The maximum atomic E-state index is 13.3. The number of carbonyl (C=O) groups excluding carboxylic acids is 2. The number of nitrogens with zero attached hydrogens (tertiary/aromatic N) is 2. The van der Waals surface area contributed by atoms with Crippen molar-refractivity contribution in [3.05, 3.63) is 54.4 Å². The number of pyridine rings is 1. The lowest BCUT2D eigenvalue weighted by atomic mass is 9.73. The Morgan fingerprint density at radius 1 is 1.06 bits per heavy atom. The summed E-state index contributed by atoms with van der Waals surface area (Å²) in [6.07, 6.45) is 10.0. The normalized spacial score (nSPS) is 21.4. The standard InChI is InChI=1S/C26H33N3O2/c1-2-14-28-25(31)26(13-4-17-29(19-26)24(30)23-5-3-6-23)18-20-7-9-21(10-8-20)22-11-15-27-16-12-22/h7-12,15-16,23H,2-6,13-14,17-19H2,1H3,(H,28,31)/t26-/m0/s1. The van der Waals surface area contributed by atoms with Crippen molar-refractivity contribution in [1.82, 2.24) is 15.2 Å². The molecule has 1 aromatic carbocycles. The SMILES string of the molecule is CCCNC(=O)[C@]1(Cc2ccc(-c3ccncc3)cc2)CCCN(C(=O)C2CCC2)C1. The van der Waals surface area contributed by atoms with Gasteiger partial charge in [0.1, 0.15) is 0 Å². The maximum Gasteiger partial charge on any atom is 0.228 e. The molecular weight excluding hydrogens is 386 g/mol. The van der Waals surface area contributed by atoms with Gasteiger partial charge in [0.05, 0.1) is 5.41 Å². The molecule has 4 rings (SSSR count). The summed E-state index contributed by atoms with van der Waals surface area (Å²) < 4.78 is 0. The van der Waals surface area contributed by atoms with E-state index in [0.717, 1.165) is 61.8 Å². The van der Waals surface area contributed by atoms with E-state index in [2.05, 4.69) is 41.5 Å². The predicted molar refractivity (Wildman–Crippen MR) is 122 cm³/mol. The van der Waals surface area contributed by atoms with E-state index in [1.807, 2.05) is 17.0 Å². The highest BCUT2D eigenvalue weighted by molar-refractivity contribution is 5.85. The average molecular weight is 420 g/mol. The molecule has 0 bridgehead atoms. The summed E-state index contributed by atoms with van der Waals surface area (Å²) in [5, 5.41) is 3.13. The lowest BCUT2D eigenvalue weighted by Crippen LogP contribution is -2.55. The van der Waals surface area contributed by atoms with Crippen LogP contribution in [0.4, 0.5) is 0 Å². The van der Waals surface area contributed by atoms with Crippen molar-refractivity contribution in [1.29, 1.82) is 0 Å². The molecule has 1 N–H and O–H groups in total. The Hall–Kier alpha value is -2.69. The molecule has 164 valence electrons. The van der Waals surface area contributed by atoms with E-state index < -0.39 is 5.41 Å². The predicted octanol–water partition coefficient (Wildman–Crippen LogP) is 4.23. The second-order valence-corrected chi connectivity index (χ2v) is 9.14. The average Bonchev–Trinajstić information content (AvgIpc) is 2.77. The van der Waals surface area contributed by atoms with Gasteiger partial charge in [0.25, 0.3) is 0 Å². The molecule has 2 aliphatic rings. The summed E-state index contributed by atoms with van der Waals surface area (Å²) in [4.78, 5) is 32.3. The molecule has 1 aromatic heterocycles. The minimum atomic E-state index is -0.551. The number of carbonyl (C=O) groups is 2. The molecule has 31 heavy (non-hydrogen) atoms. The lowest BCUT2D eigenvalue weighted by Gasteiger charge is -2.44. The lowest BCUT2D eigenvalue weighted by molar-refractivity contribution is -0.146. The van der Waals surface area contributed by atoms with Crippen LogP contribution >= 0.6 is 0 Å². The van der Waals surface area contributed by atoms with Gasteiger partial charge in [0.2, 0.25) is 11.8 Å². The van der Waals surface area contributed by atoms with Crippen LogP contribution in [0.15, 0.2) is 48.8 Å². The van der Waals surface area contributed by atoms with Crippen LogP contribution in [0, 0.1) is 11.3 Å². The van der Waals surface area contributed by atoms with Crippen molar-refractivity contribution < 1.29 is 9.59 Å². The molecule has 1 saturated heterocycles. The largest absolute Gasteiger partial charge is 0.356 e. The van der Waals surface area contributed by atoms with Gasteiger partial charge in [0, 0.05) is 37.9 Å². The molecule has 1 aliphatic carbocycles. The zero-order valence-electron chi connectivity index (χ0n) is 18.5. The molecule has 5 nitrogen and oxygen atoms in total. The Morgan fingerprint density at radius 2 is 1.77 bits per heavy atom. The summed E-state index contributed by atoms with van der Waals surface area (Å²) in [6.45, 7) is 4.05. The third kappa shape index (κ3) is 4.81. The van der Waals surface area contributed by atoms with Gasteiger partial charge in [-0.15, -0.1) is 0 Å². The number of hydrogen-bond donors (Lipinski definition) is 1. The summed E-state index contributed by atoms with van der Waals surface area (Å²) in [7, 11) is 0. The van der Waals surface area contributed by atoms with Crippen LogP contribution in [-0.2, 0) is 16.0 Å². The maximum absolute atomic E-state index is 13.3. The first-order chi connectivity index (χ1) is 15.1. The number of likely N-dealkylation sites (tertiary alicyclic amines) is 1. The summed E-state index contributed by atoms with van der Waals surface area (Å²) in [5.74, 6) is 0.527. The van der Waals surface area contributed by atoms with E-state index in [-0.39, 0.29) is 17.7 Å². The molecule has 0 spiro atoms. The van der Waals surface area contributed by atoms with Crippen LogP contribution < -0.4 is 5.32 Å². The Labute approximate surface area is 185 Å². The Bertz CT molecular complexity index is 893. The molecule has 2 heterocycles. The number of benzene rings is 1. The first kappa shape index (κ1) is 21.5. The summed E-state index contributed by atoms with van der Waals surface area (Å²) >= 11 is 0. The number of hydrogen-bond acceptors (Lipinski definition) is 3. The number of aromatic nitrogens is 1. The highest BCUT2D eigenvalue weighted by Crippen LogP contribution is 2.37. The van der Waals surface area contributed by atoms with Gasteiger partial charge in [-0.25, -0.2) is 0 Å². The highest BCUT2D eigenvalue weighted by Gasteiger charge is 2.44. The number of amides is 2. The van der Waals surface area contributed by atoms with Crippen LogP contribution in [0.2, 0.25) is 0 Å². The minimum Gasteiger partial charge on any atom is -0.356 e. The molecular formula is C26H33N3O2. The van der Waals surface area contributed by atoms with E-state index in [0.29, 0.717) is 19.5 Å². The fourth-order valence-electron chi connectivity index (χ4n) is 4.82. The van der Waals surface area contributed by atoms with Gasteiger partial charge < -0.3 is 10.2 Å². The van der Waals surface area contributed by atoms with Crippen LogP contribution in [0.1, 0.15) is 51.0 Å². The Balaban J connectivity index is 1.54. The minimum absolute atomic E-state index is 0.0960. The Morgan fingerprint density at radius 3 is 2.42 bits per heavy atom. The van der Waals surface area contributed by atoms with E-state index in [1.54, 1.807) is 12.4 Å². The molecule has 5 heteroatoms. The second kappa shape index (κ2) is 9.63. The van der Waals surface area contributed by atoms with Gasteiger partial charge in [-0.05, 0) is 67.3 Å². The van der Waals surface area contributed by atoms with Crippen molar-refractivity contribution in [2.75, 3.05) is 19.6 Å². The summed E-state index contributed by atoms with van der Waals surface area (Å²) in [5.41, 5.74) is 2.86. The molecule has 1 saturated carbocycles. The van der Waals surface area contributed by atoms with Crippen molar-refractivity contribution >= 4 is 11.8 Å². The topological polar surface area (TPSA) is 62.3 Å². The summed E-state index contributed by atoms with van der Waals surface area (Å²) in [6, 6.07) is 12.5. The zero-order valence-corrected chi connectivity index (χ0v) is 18.5. The first-order valence-electron chi connectivity index (χ1n) is 11.7. The number of nitrogens with one attached hydrogen (secondary N) is 1. The van der Waals surface area contributed by atoms with Crippen LogP contribution in [0.5, 0.6) is 0 Å². The van der Waals surface area contributed by atoms with Gasteiger partial charge in [-0.2, -0.15) is 0 Å². The fraction of sp³-hybridized carbons (Fsp3) is 0.500. The third-order valence-electron chi connectivity index (χ3n) is 6.87. The third-order valence-corrected chi connectivity index (χ3v) is 6.87. The van der Waals surface area contributed by atoms with Crippen molar-refractivity contribution in [2.24, 2.45) is 11.3 Å². The molecule has 2 aromatic rings. The zero-order chi connectivity index (χ0) is 21.7. The monoisotopic (exact) mass is 419 g/mol. The van der Waals surface area contributed by atoms with E-state index in [9.17, 15) is 9.59 Å². The Kier molecular flexibility index (Phi) is 6.69. The number of rotatable bonds is 7. The molecule has 2 fully saturated rings. The van der Waals surface area contributed by atoms with Gasteiger partial charge in [0.15, 0.2) is 0 Å². The van der Waals surface area contributed by atoms with E-state index in [1.165, 1.54) is 0 Å². The van der Waals surface area contributed by atoms with Gasteiger partial charge in [-0.3, -0.25) is 14.6 Å². The fourth-order valence-corrected chi connectivity index (χ4v) is 4.82. The van der Waals surface area contributed by atoms with E-state index >= 15 is 0 Å². The molecule has 1 aliphatic heterocycles. The van der Waals surface area contributed by atoms with Crippen LogP contribution in [-0.4, -0.2) is 41.3 Å². The van der Waals surface area contributed by atoms with Crippen molar-refractivity contribution in [3.8, 4) is 11.1 Å². The molecule has 1 atom stereocenters. The quantitative estimate of drug-likeness (QED) is 0.731. The molecule has 0 unspecified atom stereocenters. The molecule has 2 amide bonds. The van der Waals surface area contributed by atoms with E-state index in [4.69, 9.17) is 0 Å². The van der Waals surface area contributed by atoms with Crippen molar-refractivity contribution in [3.63, 3.8) is 0 Å². The van der Waals surface area contributed by atoms with Crippen LogP contribution in [0.25, 0.3) is 11.1 Å². The highest BCUT2D eigenvalue weighted by atomic mass is 16.2. The van der Waals surface area contributed by atoms with Crippen LogP contribution in [0.3, 0.4) is 0 Å². The van der Waals surface area contributed by atoms with Gasteiger partial charge >= 0.3 is 0 Å². The smallest absolute Gasteiger partial charge is 0.228 e. The van der Waals surface area contributed by atoms with Gasteiger partial charge in [-0.1, -0.05) is 37.6 Å². The van der Waals surface area contributed by atoms with Crippen molar-refractivity contribution in [2.45, 2.75) is 51.9 Å². The second-order valence-electron chi connectivity index (χ2n) is 9.14. The molecule has 0 radical (unpaired) electrons.